The first-order valence-corrected chi connectivity index (χ1v) is 11.5. The predicted octanol–water partition coefficient (Wildman–Crippen LogP) is 4.29. The van der Waals surface area contributed by atoms with Crippen molar-refractivity contribution in [3.8, 4) is 0 Å². The summed E-state index contributed by atoms with van der Waals surface area (Å²) in [4.78, 5) is 19.3. The lowest BCUT2D eigenvalue weighted by Gasteiger charge is -2.40. The molecular formula is C19H21BrN4O3S. The third-order valence-electron chi connectivity index (χ3n) is 4.89. The number of fused-ring (bicyclic) bond motifs is 1. The van der Waals surface area contributed by atoms with Gasteiger partial charge in [-0.3, -0.25) is 13.9 Å². The molecule has 0 spiro atoms. The van der Waals surface area contributed by atoms with Crippen LogP contribution in [0.5, 0.6) is 0 Å². The molecule has 9 heteroatoms. The molecule has 1 aliphatic heterocycles. The second-order valence-corrected chi connectivity index (χ2v) is 10.2. The number of nitrogens with zero attached hydrogens (tertiary/aromatic N) is 3. The lowest BCUT2D eigenvalue weighted by atomic mass is 10.1. The molecule has 2 aromatic heterocycles. The zero-order chi connectivity index (χ0) is 19.9. The summed E-state index contributed by atoms with van der Waals surface area (Å²) < 4.78 is 22.5. The molecule has 0 aliphatic carbocycles. The van der Waals surface area contributed by atoms with E-state index in [9.17, 15) is 13.9 Å². The maximum absolute atomic E-state index is 13.1. The zero-order valence-corrected chi connectivity index (χ0v) is 17.7. The van der Waals surface area contributed by atoms with Gasteiger partial charge in [0.05, 0.1) is 22.6 Å². The standard InChI is InChI=1S/C19H21BrN4O3S/c1-23-6-5-15-17(23)16(19(25)24-7-9-28(26,27)10-8-24)12-21-18(15)22-14-4-2-3-13(20)11-14/h2-6,11-12,26-27H,7-10H2,1H3,(H,21,22). The number of carbonyl (C=O) groups is 1. The van der Waals surface area contributed by atoms with E-state index in [2.05, 4.69) is 26.2 Å². The molecule has 1 aromatic carbocycles. The molecule has 3 heterocycles. The Balaban J connectivity index is 1.67. The molecule has 28 heavy (non-hydrogen) atoms. The minimum Gasteiger partial charge on any atom is -0.350 e. The van der Waals surface area contributed by atoms with E-state index in [4.69, 9.17) is 0 Å². The van der Waals surface area contributed by atoms with Crippen LogP contribution < -0.4 is 5.32 Å². The maximum atomic E-state index is 13.1. The van der Waals surface area contributed by atoms with Crippen molar-refractivity contribution in [3.63, 3.8) is 0 Å². The third-order valence-corrected chi connectivity index (χ3v) is 7.05. The number of aryl methyl sites for hydroxylation is 1. The molecule has 1 aliphatic rings. The van der Waals surface area contributed by atoms with Crippen LogP contribution in [0.2, 0.25) is 0 Å². The molecule has 1 saturated heterocycles. The van der Waals surface area contributed by atoms with Gasteiger partial charge in [0.2, 0.25) is 0 Å². The van der Waals surface area contributed by atoms with Crippen molar-refractivity contribution >= 4 is 54.8 Å². The largest absolute Gasteiger partial charge is 0.350 e. The van der Waals surface area contributed by atoms with Crippen molar-refractivity contribution in [2.45, 2.75) is 0 Å². The third kappa shape index (κ3) is 3.75. The highest BCUT2D eigenvalue weighted by atomic mass is 79.9. The van der Waals surface area contributed by atoms with Crippen molar-refractivity contribution < 1.29 is 13.9 Å². The molecule has 0 unspecified atom stereocenters. The number of halogens is 1. The van der Waals surface area contributed by atoms with Gasteiger partial charge in [-0.1, -0.05) is 22.0 Å². The van der Waals surface area contributed by atoms with Crippen LogP contribution in [0, 0.1) is 0 Å². The van der Waals surface area contributed by atoms with Crippen molar-refractivity contribution in [1.82, 2.24) is 14.5 Å². The van der Waals surface area contributed by atoms with Crippen LogP contribution in [0.4, 0.5) is 11.5 Å². The highest BCUT2D eigenvalue weighted by Crippen LogP contribution is 2.40. The number of hydrogen-bond acceptors (Lipinski definition) is 5. The van der Waals surface area contributed by atoms with Gasteiger partial charge in [0.1, 0.15) is 5.82 Å². The summed E-state index contributed by atoms with van der Waals surface area (Å²) in [5.74, 6) is 0.997. The SMILES string of the molecule is Cn1ccc2c(Nc3cccc(Br)c3)ncc(C(=O)N3CCS(O)(O)CC3)c21. The molecule has 0 atom stereocenters. The first kappa shape index (κ1) is 19.3. The first-order valence-electron chi connectivity index (χ1n) is 8.83. The number of hydrogen-bond donors (Lipinski definition) is 3. The van der Waals surface area contributed by atoms with Crippen molar-refractivity contribution in [2.24, 2.45) is 7.05 Å². The van der Waals surface area contributed by atoms with Crippen molar-refractivity contribution in [2.75, 3.05) is 29.9 Å². The Morgan fingerprint density at radius 3 is 2.71 bits per heavy atom. The molecule has 1 amide bonds. The second kappa shape index (κ2) is 7.40. The van der Waals surface area contributed by atoms with Gasteiger partial charge >= 0.3 is 0 Å². The van der Waals surface area contributed by atoms with Gasteiger partial charge in [0, 0.05) is 48.1 Å². The van der Waals surface area contributed by atoms with Crippen LogP contribution in [-0.4, -0.2) is 54.1 Å². The van der Waals surface area contributed by atoms with E-state index in [1.807, 2.05) is 48.1 Å². The summed E-state index contributed by atoms with van der Waals surface area (Å²) in [6.07, 6.45) is 3.50. The van der Waals surface area contributed by atoms with Crippen molar-refractivity contribution in [3.05, 3.63) is 52.8 Å². The summed E-state index contributed by atoms with van der Waals surface area (Å²) in [5.41, 5.74) is 2.21. The number of amides is 1. The zero-order valence-electron chi connectivity index (χ0n) is 15.3. The summed E-state index contributed by atoms with van der Waals surface area (Å²) in [7, 11) is -0.647. The van der Waals surface area contributed by atoms with Gasteiger partial charge in [-0.05, 0) is 24.3 Å². The lowest BCUT2D eigenvalue weighted by molar-refractivity contribution is 0.0769. The number of benzene rings is 1. The van der Waals surface area contributed by atoms with E-state index in [1.54, 1.807) is 11.1 Å². The van der Waals surface area contributed by atoms with E-state index in [0.29, 0.717) is 24.5 Å². The Hall–Kier alpha value is -2.07. The molecule has 7 nitrogen and oxygen atoms in total. The quantitative estimate of drug-likeness (QED) is 0.537. The monoisotopic (exact) mass is 464 g/mol. The van der Waals surface area contributed by atoms with Gasteiger partial charge in [0.15, 0.2) is 0 Å². The maximum Gasteiger partial charge on any atom is 0.257 e. The van der Waals surface area contributed by atoms with E-state index in [-0.39, 0.29) is 17.4 Å². The normalized spacial score (nSPS) is 17.5. The van der Waals surface area contributed by atoms with Crippen LogP contribution in [0.3, 0.4) is 0 Å². The fraction of sp³-hybridized carbons (Fsp3) is 0.263. The van der Waals surface area contributed by atoms with Gasteiger partial charge in [-0.25, -0.2) is 4.98 Å². The molecule has 3 N–H and O–H groups in total. The van der Waals surface area contributed by atoms with Gasteiger partial charge in [-0.15, -0.1) is 0 Å². The Morgan fingerprint density at radius 2 is 2.00 bits per heavy atom. The molecule has 4 rings (SSSR count). The number of rotatable bonds is 3. The Bertz CT molecular complexity index is 1040. The molecule has 0 radical (unpaired) electrons. The Morgan fingerprint density at radius 1 is 1.25 bits per heavy atom. The fourth-order valence-corrected chi connectivity index (χ4v) is 5.00. The Labute approximate surface area is 172 Å². The summed E-state index contributed by atoms with van der Waals surface area (Å²) in [6.45, 7) is 0.677. The number of anilines is 2. The first-order chi connectivity index (χ1) is 13.3. The van der Waals surface area contributed by atoms with Crippen LogP contribution in [-0.2, 0) is 7.05 Å². The average Bonchev–Trinajstić information content (AvgIpc) is 3.04. The summed E-state index contributed by atoms with van der Waals surface area (Å²) >= 11 is 3.46. The predicted molar refractivity (Wildman–Crippen MR) is 117 cm³/mol. The van der Waals surface area contributed by atoms with E-state index < -0.39 is 10.6 Å². The summed E-state index contributed by atoms with van der Waals surface area (Å²) in [6, 6.07) is 9.74. The van der Waals surface area contributed by atoms with Crippen molar-refractivity contribution in [1.29, 1.82) is 0 Å². The topological polar surface area (TPSA) is 90.6 Å². The molecule has 1 fully saturated rings. The molecule has 0 saturated carbocycles. The van der Waals surface area contributed by atoms with Gasteiger partial charge in [-0.2, -0.15) is 10.6 Å². The Kier molecular flexibility index (Phi) is 5.09. The number of carbonyl (C=O) groups excluding carboxylic acids is 1. The van der Waals surface area contributed by atoms with Crippen LogP contribution >= 0.6 is 26.5 Å². The molecule has 148 valence electrons. The van der Waals surface area contributed by atoms with E-state index >= 15 is 0 Å². The highest BCUT2D eigenvalue weighted by molar-refractivity contribution is 9.10. The summed E-state index contributed by atoms with van der Waals surface area (Å²) in [5, 5.41) is 4.17. The van der Waals surface area contributed by atoms with Gasteiger partial charge in [0.25, 0.3) is 5.91 Å². The van der Waals surface area contributed by atoms with E-state index in [1.165, 1.54) is 0 Å². The molecular weight excluding hydrogens is 444 g/mol. The number of nitrogens with one attached hydrogen (secondary N) is 1. The minimum atomic E-state index is -2.54. The van der Waals surface area contributed by atoms with E-state index in [0.717, 1.165) is 21.1 Å². The number of pyridine rings is 1. The van der Waals surface area contributed by atoms with Crippen LogP contribution in [0.1, 0.15) is 10.4 Å². The minimum absolute atomic E-state index is 0.136. The number of aromatic nitrogens is 2. The van der Waals surface area contributed by atoms with Gasteiger partial charge < -0.3 is 14.8 Å². The molecule has 3 aromatic rings. The lowest BCUT2D eigenvalue weighted by Crippen LogP contribution is -2.42. The second-order valence-electron chi connectivity index (χ2n) is 6.85. The van der Waals surface area contributed by atoms with Crippen LogP contribution in [0.15, 0.2) is 47.2 Å². The fourth-order valence-electron chi connectivity index (χ4n) is 3.37. The van der Waals surface area contributed by atoms with Crippen LogP contribution in [0.25, 0.3) is 10.9 Å². The highest BCUT2D eigenvalue weighted by Gasteiger charge is 2.28. The smallest absolute Gasteiger partial charge is 0.257 e. The molecule has 0 bridgehead atoms. The average molecular weight is 465 g/mol.